The number of aromatic nitrogens is 4. The number of rotatable bonds is 5. The van der Waals surface area contributed by atoms with Gasteiger partial charge in [0, 0.05) is 43.3 Å². The number of anilines is 1. The zero-order chi connectivity index (χ0) is 19.3. The summed E-state index contributed by atoms with van der Waals surface area (Å²) < 4.78 is 12.8. The molecule has 8 nitrogen and oxygen atoms in total. The van der Waals surface area contributed by atoms with Crippen molar-refractivity contribution in [2.45, 2.75) is 19.8 Å². The summed E-state index contributed by atoms with van der Waals surface area (Å²) in [6.07, 6.45) is 5.02. The van der Waals surface area contributed by atoms with Gasteiger partial charge < -0.3 is 14.8 Å². The van der Waals surface area contributed by atoms with Crippen molar-refractivity contribution in [3.63, 3.8) is 0 Å². The largest absolute Gasteiger partial charge is 0.439 e. The van der Waals surface area contributed by atoms with E-state index >= 15 is 0 Å². The number of amides is 1. The number of hydrogen-bond donors (Lipinski definition) is 1. The number of carbonyl (C=O) groups is 1. The summed E-state index contributed by atoms with van der Waals surface area (Å²) in [5, 5.41) is 7.13. The number of nitrogens with zero attached hydrogens (tertiary/aromatic N) is 4. The van der Waals surface area contributed by atoms with Crippen LogP contribution in [0.1, 0.15) is 18.7 Å². The number of ether oxygens (including phenoxy) is 2. The lowest BCUT2D eigenvalue weighted by Gasteiger charge is -2.21. The summed E-state index contributed by atoms with van der Waals surface area (Å²) in [6, 6.07) is 10.8. The second-order valence-electron chi connectivity index (χ2n) is 6.56. The lowest BCUT2D eigenvalue weighted by atomic mass is 9.99. The molecule has 3 heterocycles. The van der Waals surface area contributed by atoms with Crippen LogP contribution in [0.15, 0.2) is 48.8 Å². The minimum Gasteiger partial charge on any atom is -0.439 e. The molecule has 0 bridgehead atoms. The molecule has 3 aromatic rings. The predicted octanol–water partition coefficient (Wildman–Crippen LogP) is 3.13. The van der Waals surface area contributed by atoms with Crippen LogP contribution in [0.5, 0.6) is 11.6 Å². The molecule has 1 aromatic carbocycles. The van der Waals surface area contributed by atoms with Crippen LogP contribution in [0.3, 0.4) is 0 Å². The van der Waals surface area contributed by atoms with E-state index in [4.69, 9.17) is 9.47 Å². The smallest absolute Gasteiger partial charge is 0.227 e. The van der Waals surface area contributed by atoms with Crippen molar-refractivity contribution in [2.24, 2.45) is 5.92 Å². The van der Waals surface area contributed by atoms with Crippen LogP contribution < -0.4 is 10.1 Å². The van der Waals surface area contributed by atoms with Crippen LogP contribution in [-0.2, 0) is 9.53 Å². The Morgan fingerprint density at radius 1 is 1.21 bits per heavy atom. The molecular weight excluding hydrogens is 358 g/mol. The fourth-order valence-corrected chi connectivity index (χ4v) is 3.03. The number of hydrogen-bond acceptors (Lipinski definition) is 6. The topological polar surface area (TPSA) is 91.2 Å². The Morgan fingerprint density at radius 2 is 2.00 bits per heavy atom. The molecule has 4 rings (SSSR count). The average Bonchev–Trinajstić information content (AvgIpc) is 3.25. The van der Waals surface area contributed by atoms with Crippen molar-refractivity contribution in [2.75, 3.05) is 18.5 Å². The molecule has 0 radical (unpaired) electrons. The molecule has 8 heteroatoms. The van der Waals surface area contributed by atoms with Crippen molar-refractivity contribution in [3.05, 3.63) is 54.6 Å². The number of aryl methyl sites for hydroxylation is 1. The van der Waals surface area contributed by atoms with Crippen LogP contribution in [0.2, 0.25) is 0 Å². The molecular formula is C20H21N5O3. The van der Waals surface area contributed by atoms with Gasteiger partial charge in [0.2, 0.25) is 11.8 Å². The normalized spacial score (nSPS) is 14.6. The Kier molecular flexibility index (Phi) is 5.29. The highest BCUT2D eigenvalue weighted by atomic mass is 16.5. The third kappa shape index (κ3) is 4.34. The van der Waals surface area contributed by atoms with Crippen molar-refractivity contribution >= 4 is 11.6 Å². The SMILES string of the molecule is Cc1nc(Oc2ccc(NC(=O)C3CCOCC3)cc2)cc(-n2cccn2)n1. The van der Waals surface area contributed by atoms with E-state index in [1.165, 1.54) is 0 Å². The summed E-state index contributed by atoms with van der Waals surface area (Å²) in [6.45, 7) is 3.09. The van der Waals surface area contributed by atoms with Crippen LogP contribution in [0.25, 0.3) is 5.82 Å². The van der Waals surface area contributed by atoms with Gasteiger partial charge in [0.25, 0.3) is 0 Å². The standard InChI is InChI=1S/C20H21N5O3/c1-14-22-18(25-10-2-9-21-25)13-19(23-14)28-17-5-3-16(4-6-17)24-20(26)15-7-11-27-12-8-15/h2-6,9-10,13,15H,7-8,11-12H2,1H3,(H,24,26). The maximum atomic E-state index is 12.3. The highest BCUT2D eigenvalue weighted by Crippen LogP contribution is 2.24. The van der Waals surface area contributed by atoms with Crippen molar-refractivity contribution in [3.8, 4) is 17.4 Å². The van der Waals surface area contributed by atoms with E-state index in [2.05, 4.69) is 20.4 Å². The van der Waals surface area contributed by atoms with Gasteiger partial charge in [-0.2, -0.15) is 10.1 Å². The van der Waals surface area contributed by atoms with Gasteiger partial charge in [-0.15, -0.1) is 0 Å². The Balaban J connectivity index is 1.42. The van der Waals surface area contributed by atoms with Gasteiger partial charge in [-0.25, -0.2) is 9.67 Å². The zero-order valence-electron chi connectivity index (χ0n) is 15.5. The number of nitrogens with one attached hydrogen (secondary N) is 1. The monoisotopic (exact) mass is 379 g/mol. The van der Waals surface area contributed by atoms with Crippen molar-refractivity contribution in [1.82, 2.24) is 19.7 Å². The molecule has 1 aliphatic rings. The maximum absolute atomic E-state index is 12.3. The molecule has 0 aliphatic carbocycles. The lowest BCUT2D eigenvalue weighted by molar-refractivity contribution is -0.122. The highest BCUT2D eigenvalue weighted by molar-refractivity contribution is 5.92. The third-order valence-corrected chi connectivity index (χ3v) is 4.48. The second kappa shape index (κ2) is 8.18. The summed E-state index contributed by atoms with van der Waals surface area (Å²) in [5.41, 5.74) is 0.736. The molecule has 28 heavy (non-hydrogen) atoms. The molecule has 0 unspecified atom stereocenters. The first-order valence-corrected chi connectivity index (χ1v) is 9.19. The number of benzene rings is 1. The van der Waals surface area contributed by atoms with E-state index in [-0.39, 0.29) is 11.8 Å². The number of carbonyl (C=O) groups excluding carboxylic acids is 1. The summed E-state index contributed by atoms with van der Waals surface area (Å²) in [5.74, 6) is 2.31. The van der Waals surface area contributed by atoms with E-state index < -0.39 is 0 Å². The van der Waals surface area contributed by atoms with E-state index in [0.717, 1.165) is 18.5 Å². The van der Waals surface area contributed by atoms with Crippen LogP contribution in [0.4, 0.5) is 5.69 Å². The van der Waals surface area contributed by atoms with Gasteiger partial charge in [-0.3, -0.25) is 4.79 Å². The fraction of sp³-hybridized carbons (Fsp3) is 0.300. The lowest BCUT2D eigenvalue weighted by Crippen LogP contribution is -2.28. The van der Waals surface area contributed by atoms with Crippen molar-refractivity contribution < 1.29 is 14.3 Å². The molecule has 1 amide bonds. The zero-order valence-corrected chi connectivity index (χ0v) is 15.5. The second-order valence-corrected chi connectivity index (χ2v) is 6.56. The molecule has 1 saturated heterocycles. The van der Waals surface area contributed by atoms with Crippen LogP contribution in [0, 0.1) is 12.8 Å². The van der Waals surface area contributed by atoms with Crippen molar-refractivity contribution in [1.29, 1.82) is 0 Å². The molecule has 1 aliphatic heterocycles. The predicted molar refractivity (Wildman–Crippen MR) is 103 cm³/mol. The molecule has 0 spiro atoms. The van der Waals surface area contributed by atoms with E-state index in [0.29, 0.717) is 36.5 Å². The summed E-state index contributed by atoms with van der Waals surface area (Å²) in [7, 11) is 0. The Labute approximate surface area is 162 Å². The van der Waals surface area contributed by atoms with E-state index in [1.54, 1.807) is 36.0 Å². The van der Waals surface area contributed by atoms with Crippen LogP contribution in [-0.4, -0.2) is 38.9 Å². The Morgan fingerprint density at radius 3 is 2.71 bits per heavy atom. The van der Waals surface area contributed by atoms with Gasteiger partial charge in [0.1, 0.15) is 11.6 Å². The van der Waals surface area contributed by atoms with E-state index in [1.807, 2.05) is 24.4 Å². The minimum atomic E-state index is 0.00869. The average molecular weight is 379 g/mol. The first kappa shape index (κ1) is 18.1. The molecule has 0 atom stereocenters. The van der Waals surface area contributed by atoms with Gasteiger partial charge in [-0.05, 0) is 50.1 Å². The highest BCUT2D eigenvalue weighted by Gasteiger charge is 2.21. The Hall–Kier alpha value is -3.26. The van der Waals surface area contributed by atoms with E-state index in [9.17, 15) is 4.79 Å². The summed E-state index contributed by atoms with van der Waals surface area (Å²) in [4.78, 5) is 21.0. The van der Waals surface area contributed by atoms with Gasteiger partial charge in [0.05, 0.1) is 0 Å². The Bertz CT molecular complexity index is 935. The quantitative estimate of drug-likeness (QED) is 0.732. The third-order valence-electron chi connectivity index (χ3n) is 4.48. The molecule has 1 N–H and O–H groups in total. The first-order chi connectivity index (χ1) is 13.7. The molecule has 2 aromatic heterocycles. The molecule has 0 saturated carbocycles. The summed E-state index contributed by atoms with van der Waals surface area (Å²) >= 11 is 0. The first-order valence-electron chi connectivity index (χ1n) is 9.19. The molecule has 144 valence electrons. The van der Waals surface area contributed by atoms with Gasteiger partial charge >= 0.3 is 0 Å². The van der Waals surface area contributed by atoms with Crippen LogP contribution >= 0.6 is 0 Å². The minimum absolute atomic E-state index is 0.00869. The maximum Gasteiger partial charge on any atom is 0.227 e. The molecule has 1 fully saturated rings. The fourth-order valence-electron chi connectivity index (χ4n) is 3.03. The van der Waals surface area contributed by atoms with Gasteiger partial charge in [0.15, 0.2) is 5.82 Å². The van der Waals surface area contributed by atoms with Gasteiger partial charge in [-0.1, -0.05) is 0 Å².